The maximum absolute atomic E-state index is 12.9. The van der Waals surface area contributed by atoms with Crippen LogP contribution in [0.4, 0.5) is 23.2 Å². The van der Waals surface area contributed by atoms with Crippen LogP contribution in [0.5, 0.6) is 0 Å². The maximum atomic E-state index is 12.9. The van der Waals surface area contributed by atoms with Crippen LogP contribution in [0.15, 0.2) is 48.5 Å². The molecule has 0 radical (unpaired) electrons. The van der Waals surface area contributed by atoms with Gasteiger partial charge >= 0.3 is 6.18 Å². The number of hydrogen-bond donors (Lipinski definition) is 1. The number of amides is 2. The number of carbonyl (C=O) groups is 2. The van der Waals surface area contributed by atoms with Crippen LogP contribution in [0.2, 0.25) is 0 Å². The van der Waals surface area contributed by atoms with Crippen LogP contribution >= 0.6 is 0 Å². The van der Waals surface area contributed by atoms with E-state index in [1.54, 1.807) is 17.0 Å². The van der Waals surface area contributed by atoms with Gasteiger partial charge in [0.25, 0.3) is 0 Å². The summed E-state index contributed by atoms with van der Waals surface area (Å²) in [5, 5.41) is 2.56. The number of halogens is 4. The Morgan fingerprint density at radius 3 is 2.32 bits per heavy atom. The van der Waals surface area contributed by atoms with E-state index in [-0.39, 0.29) is 30.4 Å². The van der Waals surface area contributed by atoms with E-state index >= 15 is 0 Å². The second-order valence-electron chi connectivity index (χ2n) is 6.68. The second-order valence-corrected chi connectivity index (χ2v) is 6.68. The molecule has 1 unspecified atom stereocenters. The maximum Gasteiger partial charge on any atom is 0.416 e. The Morgan fingerprint density at radius 1 is 1.07 bits per heavy atom. The van der Waals surface area contributed by atoms with Gasteiger partial charge in [-0.3, -0.25) is 9.59 Å². The molecule has 8 heteroatoms. The van der Waals surface area contributed by atoms with Gasteiger partial charge in [-0.25, -0.2) is 4.39 Å². The average Bonchev–Trinajstić information content (AvgIpc) is 3.02. The fourth-order valence-corrected chi connectivity index (χ4v) is 3.07. The van der Waals surface area contributed by atoms with Crippen molar-refractivity contribution in [2.45, 2.75) is 19.0 Å². The molecule has 1 heterocycles. The molecule has 2 aromatic rings. The minimum atomic E-state index is -4.44. The first-order chi connectivity index (χ1) is 13.2. The minimum Gasteiger partial charge on any atom is -0.342 e. The number of hydrogen-bond acceptors (Lipinski definition) is 2. The van der Waals surface area contributed by atoms with Crippen LogP contribution in [0.1, 0.15) is 17.5 Å². The Labute approximate surface area is 159 Å². The fourth-order valence-electron chi connectivity index (χ4n) is 3.07. The van der Waals surface area contributed by atoms with Crippen molar-refractivity contribution in [3.8, 4) is 0 Å². The Kier molecular flexibility index (Phi) is 5.67. The van der Waals surface area contributed by atoms with Crippen molar-refractivity contribution in [2.24, 2.45) is 5.92 Å². The minimum absolute atomic E-state index is 0.0515. The van der Waals surface area contributed by atoms with Crippen LogP contribution in [0.25, 0.3) is 0 Å². The van der Waals surface area contributed by atoms with Crippen molar-refractivity contribution >= 4 is 17.5 Å². The summed E-state index contributed by atoms with van der Waals surface area (Å²) >= 11 is 0. The lowest BCUT2D eigenvalue weighted by atomic mass is 10.1. The van der Waals surface area contributed by atoms with E-state index in [4.69, 9.17) is 0 Å². The summed E-state index contributed by atoms with van der Waals surface area (Å²) in [7, 11) is 0. The molecule has 3 rings (SSSR count). The van der Waals surface area contributed by atoms with Crippen molar-refractivity contribution in [1.29, 1.82) is 0 Å². The predicted molar refractivity (Wildman–Crippen MR) is 94.9 cm³/mol. The highest BCUT2D eigenvalue weighted by Gasteiger charge is 2.34. The van der Waals surface area contributed by atoms with Crippen LogP contribution in [0, 0.1) is 11.7 Å². The summed E-state index contributed by atoms with van der Waals surface area (Å²) in [6, 6.07) is 10.1. The summed E-state index contributed by atoms with van der Waals surface area (Å²) in [6.45, 7) is 0.654. The number of benzene rings is 2. The lowest BCUT2D eigenvalue weighted by molar-refractivity contribution is -0.137. The topological polar surface area (TPSA) is 49.4 Å². The summed E-state index contributed by atoms with van der Waals surface area (Å²) in [5.41, 5.74) is 0.329. The highest BCUT2D eigenvalue weighted by Crippen LogP contribution is 2.30. The SMILES string of the molecule is O=C(Nc1ccc(C(F)(F)F)cc1)C1CC(=O)N(CCc2ccc(F)cc2)C1. The van der Waals surface area contributed by atoms with Gasteiger partial charge in [0.1, 0.15) is 5.82 Å². The number of alkyl halides is 3. The molecule has 0 spiro atoms. The zero-order chi connectivity index (χ0) is 20.3. The Bertz CT molecular complexity index is 848. The molecule has 1 atom stereocenters. The predicted octanol–water partition coefficient (Wildman–Crippen LogP) is 3.87. The molecule has 28 heavy (non-hydrogen) atoms. The van der Waals surface area contributed by atoms with Gasteiger partial charge in [-0.05, 0) is 48.4 Å². The van der Waals surface area contributed by atoms with Crippen molar-refractivity contribution in [1.82, 2.24) is 4.90 Å². The third kappa shape index (κ3) is 4.88. The molecule has 148 valence electrons. The van der Waals surface area contributed by atoms with E-state index < -0.39 is 23.6 Å². The van der Waals surface area contributed by atoms with E-state index in [0.29, 0.717) is 13.0 Å². The van der Waals surface area contributed by atoms with E-state index in [1.165, 1.54) is 24.3 Å². The molecule has 2 aromatic carbocycles. The van der Waals surface area contributed by atoms with Crippen LogP contribution < -0.4 is 5.32 Å². The lowest BCUT2D eigenvalue weighted by Crippen LogP contribution is -2.30. The van der Waals surface area contributed by atoms with Crippen molar-refractivity contribution < 1.29 is 27.2 Å². The Hall–Kier alpha value is -2.90. The summed E-state index contributed by atoms with van der Waals surface area (Å²) in [4.78, 5) is 26.0. The third-order valence-corrected chi connectivity index (χ3v) is 4.65. The van der Waals surface area contributed by atoms with E-state index in [1.807, 2.05) is 0 Å². The standard InChI is InChI=1S/C20H18F4N2O2/c21-16-5-1-13(2-6-16)9-10-26-12-14(11-18(26)27)19(28)25-17-7-3-15(4-8-17)20(22,23)24/h1-8,14H,9-12H2,(H,25,28). The molecule has 1 fully saturated rings. The van der Waals surface area contributed by atoms with E-state index in [0.717, 1.165) is 17.7 Å². The summed E-state index contributed by atoms with van der Waals surface area (Å²) < 4.78 is 50.7. The summed E-state index contributed by atoms with van der Waals surface area (Å²) in [5.74, 6) is -1.46. The Morgan fingerprint density at radius 2 is 1.71 bits per heavy atom. The molecular formula is C20H18F4N2O2. The number of carbonyl (C=O) groups excluding carboxylic acids is 2. The first kappa shape index (κ1) is 19.9. The summed E-state index contributed by atoms with van der Waals surface area (Å²) in [6.07, 6.45) is -3.85. The van der Waals surface area contributed by atoms with Crippen LogP contribution in [-0.4, -0.2) is 29.8 Å². The van der Waals surface area contributed by atoms with Gasteiger partial charge in [0.05, 0.1) is 11.5 Å². The molecule has 0 aliphatic carbocycles. The molecule has 4 nitrogen and oxygen atoms in total. The number of anilines is 1. The average molecular weight is 394 g/mol. The number of likely N-dealkylation sites (tertiary alicyclic amines) is 1. The van der Waals surface area contributed by atoms with E-state index in [2.05, 4.69) is 5.32 Å². The number of nitrogens with one attached hydrogen (secondary N) is 1. The Balaban J connectivity index is 1.53. The number of nitrogens with zero attached hydrogens (tertiary/aromatic N) is 1. The molecule has 0 aromatic heterocycles. The third-order valence-electron chi connectivity index (χ3n) is 4.65. The first-order valence-corrected chi connectivity index (χ1v) is 8.73. The van der Waals surface area contributed by atoms with Crippen molar-refractivity contribution in [2.75, 3.05) is 18.4 Å². The number of rotatable bonds is 5. The zero-order valence-electron chi connectivity index (χ0n) is 14.8. The zero-order valence-corrected chi connectivity index (χ0v) is 14.8. The molecule has 2 amide bonds. The van der Waals surface area contributed by atoms with Crippen molar-refractivity contribution in [3.63, 3.8) is 0 Å². The van der Waals surface area contributed by atoms with Gasteiger partial charge in [0.15, 0.2) is 0 Å². The van der Waals surface area contributed by atoms with Crippen molar-refractivity contribution in [3.05, 3.63) is 65.5 Å². The molecule has 1 N–H and O–H groups in total. The van der Waals surface area contributed by atoms with Gasteiger partial charge < -0.3 is 10.2 Å². The molecule has 1 aliphatic rings. The molecule has 0 bridgehead atoms. The normalized spacial score (nSPS) is 17.1. The van der Waals surface area contributed by atoms with Gasteiger partial charge in [0, 0.05) is 25.2 Å². The van der Waals surface area contributed by atoms with E-state index in [9.17, 15) is 27.2 Å². The molecular weight excluding hydrogens is 376 g/mol. The van der Waals surface area contributed by atoms with Crippen LogP contribution in [0.3, 0.4) is 0 Å². The van der Waals surface area contributed by atoms with Gasteiger partial charge in [0.2, 0.25) is 11.8 Å². The fraction of sp³-hybridized carbons (Fsp3) is 0.300. The highest BCUT2D eigenvalue weighted by atomic mass is 19.4. The second kappa shape index (κ2) is 8.00. The largest absolute Gasteiger partial charge is 0.416 e. The first-order valence-electron chi connectivity index (χ1n) is 8.73. The molecule has 0 saturated carbocycles. The van der Waals surface area contributed by atoms with Gasteiger partial charge in [-0.15, -0.1) is 0 Å². The van der Waals surface area contributed by atoms with Gasteiger partial charge in [-0.1, -0.05) is 12.1 Å². The molecule has 1 saturated heterocycles. The lowest BCUT2D eigenvalue weighted by Gasteiger charge is -2.16. The highest BCUT2D eigenvalue weighted by molar-refractivity contribution is 5.97. The molecule has 1 aliphatic heterocycles. The quantitative estimate of drug-likeness (QED) is 0.783. The monoisotopic (exact) mass is 394 g/mol. The smallest absolute Gasteiger partial charge is 0.342 e. The van der Waals surface area contributed by atoms with Crippen LogP contribution in [-0.2, 0) is 22.2 Å². The van der Waals surface area contributed by atoms with Gasteiger partial charge in [-0.2, -0.15) is 13.2 Å².